The molecule has 1 aromatic rings. The van der Waals surface area contributed by atoms with Crippen LogP contribution < -0.4 is 10.5 Å². The summed E-state index contributed by atoms with van der Waals surface area (Å²) in [6.45, 7) is 13.0. The Bertz CT molecular complexity index is 1140. The second-order valence-electron chi connectivity index (χ2n) is 12.9. The molecule has 3 heterocycles. The highest BCUT2D eigenvalue weighted by Gasteiger charge is 2.33. The van der Waals surface area contributed by atoms with Crippen molar-refractivity contribution in [1.82, 2.24) is 14.5 Å². The summed E-state index contributed by atoms with van der Waals surface area (Å²) in [5.41, 5.74) is 4.78. The number of rotatable bonds is 7. The molecule has 2 atom stereocenters. The fraction of sp³-hybridized carbons (Fsp3) is 0.786. The van der Waals surface area contributed by atoms with E-state index in [1.807, 2.05) is 41.5 Å². The number of hydrogen-bond acceptors (Lipinski definition) is 10. The van der Waals surface area contributed by atoms with E-state index in [0.29, 0.717) is 49.3 Å². The van der Waals surface area contributed by atoms with Gasteiger partial charge >= 0.3 is 12.2 Å². The lowest BCUT2D eigenvalue weighted by atomic mass is 9.90. The van der Waals surface area contributed by atoms with Crippen molar-refractivity contribution in [3.8, 4) is 0 Å². The molecule has 2 fully saturated rings. The van der Waals surface area contributed by atoms with E-state index in [1.54, 1.807) is 9.80 Å². The molecule has 15 heteroatoms. The highest BCUT2D eigenvalue weighted by atomic mass is 35.5. The Morgan fingerprint density at radius 1 is 0.930 bits per heavy atom. The van der Waals surface area contributed by atoms with Gasteiger partial charge in [0.05, 0.1) is 17.6 Å². The van der Waals surface area contributed by atoms with Crippen LogP contribution in [0.25, 0.3) is 0 Å². The molecular weight excluding hydrogens is 620 g/mol. The number of amides is 2. The first-order valence-electron chi connectivity index (χ1n) is 14.6. The number of halogens is 1. The average Bonchev–Trinajstić information content (AvgIpc) is 3.37. The topological polar surface area (TPSA) is 172 Å². The highest BCUT2D eigenvalue weighted by Crippen LogP contribution is 2.28. The number of carbonyl (C=O) groups is 2. The second kappa shape index (κ2) is 16.1. The minimum Gasteiger partial charge on any atom is -0.444 e. The predicted molar refractivity (Wildman–Crippen MR) is 167 cm³/mol. The molecule has 5 N–H and O–H groups in total. The number of nitrogens with zero attached hydrogens (tertiary/aromatic N) is 2. The molecule has 0 aliphatic carbocycles. The molecule has 3 rings (SSSR count). The number of nitrogens with two attached hydrogens (primary N) is 1. The summed E-state index contributed by atoms with van der Waals surface area (Å²) in [7, 11) is -3.74. The lowest BCUT2D eigenvalue weighted by Gasteiger charge is -2.36. The fourth-order valence-electron chi connectivity index (χ4n) is 4.78. The zero-order valence-electron chi connectivity index (χ0n) is 26.0. The molecule has 0 aromatic carbocycles. The van der Waals surface area contributed by atoms with Crippen LogP contribution in [0.5, 0.6) is 0 Å². The molecule has 2 aliphatic heterocycles. The Labute approximate surface area is 264 Å². The van der Waals surface area contributed by atoms with Gasteiger partial charge in [0.25, 0.3) is 0 Å². The van der Waals surface area contributed by atoms with Gasteiger partial charge in [-0.25, -0.2) is 22.7 Å². The van der Waals surface area contributed by atoms with E-state index in [1.165, 1.54) is 12.1 Å². The van der Waals surface area contributed by atoms with Crippen LogP contribution in [0.15, 0.2) is 16.3 Å². The summed E-state index contributed by atoms with van der Waals surface area (Å²) < 4.78 is 38.6. The van der Waals surface area contributed by atoms with Crippen LogP contribution in [0.3, 0.4) is 0 Å². The molecule has 0 spiro atoms. The minimum atomic E-state index is -3.74. The Hall–Kier alpha value is -1.68. The summed E-state index contributed by atoms with van der Waals surface area (Å²) in [5, 5.41) is 18.7. The summed E-state index contributed by atoms with van der Waals surface area (Å²) >= 11 is 6.77. The van der Waals surface area contributed by atoms with Crippen LogP contribution in [0.4, 0.5) is 9.59 Å². The van der Waals surface area contributed by atoms with Crippen LogP contribution in [0, 0.1) is 11.8 Å². The van der Waals surface area contributed by atoms with Crippen LogP contribution in [0.2, 0.25) is 4.34 Å². The lowest BCUT2D eigenvalue weighted by Crippen LogP contribution is -2.48. The van der Waals surface area contributed by atoms with Crippen molar-refractivity contribution in [1.29, 1.82) is 0 Å². The Morgan fingerprint density at radius 2 is 1.37 bits per heavy atom. The molecule has 43 heavy (non-hydrogen) atoms. The van der Waals surface area contributed by atoms with Gasteiger partial charge in [-0.1, -0.05) is 11.6 Å². The minimum absolute atomic E-state index is 0.0110. The second-order valence-corrected chi connectivity index (χ2v) is 16.6. The Morgan fingerprint density at radius 3 is 1.72 bits per heavy atom. The van der Waals surface area contributed by atoms with Gasteiger partial charge in [0, 0.05) is 38.3 Å². The number of aliphatic hydroxyl groups is 2. The maximum Gasteiger partial charge on any atom is 0.410 e. The van der Waals surface area contributed by atoms with Crippen LogP contribution in [-0.4, -0.2) is 103 Å². The highest BCUT2D eigenvalue weighted by molar-refractivity contribution is 7.91. The third-order valence-electron chi connectivity index (χ3n) is 7.08. The Balaban J connectivity index is 0.000000329. The predicted octanol–water partition coefficient (Wildman–Crippen LogP) is 3.64. The first-order valence-corrected chi connectivity index (χ1v) is 17.2. The molecule has 1 aromatic heterocycles. The molecule has 2 aliphatic rings. The van der Waals surface area contributed by atoms with E-state index in [0.717, 1.165) is 24.2 Å². The smallest absolute Gasteiger partial charge is 0.410 e. The van der Waals surface area contributed by atoms with E-state index in [4.69, 9.17) is 31.9 Å². The van der Waals surface area contributed by atoms with Gasteiger partial charge in [0.2, 0.25) is 10.0 Å². The standard InChI is InChI=1S/C16H25ClN2O5S2.C12H24N2O3/c1-16(2,3)24-15(21)19-8-6-11(7-9-19)12(10-20)18-26(22,23)14-5-4-13(17)25-14;1-12(2,3)17-11(16)14-6-4-9(5-7-14)10(13)8-15/h4-5,11-12,18,20H,6-10H2,1-3H3;9-10,15H,4-8,13H2,1-3H3/t;10-/m.1/s1. The SMILES string of the molecule is CC(C)(C)OC(=O)N1CCC(C(CO)NS(=O)(=O)c2ccc(Cl)s2)CC1.CC(C)(C)OC(=O)N1CCC([C@H](N)CO)CC1. The summed E-state index contributed by atoms with van der Waals surface area (Å²) in [4.78, 5) is 27.2. The quantitative estimate of drug-likeness (QED) is 0.338. The van der Waals surface area contributed by atoms with Gasteiger partial charge in [-0.2, -0.15) is 0 Å². The fourth-order valence-corrected chi connectivity index (χ4v) is 7.57. The molecule has 0 radical (unpaired) electrons. The molecule has 2 saturated heterocycles. The number of piperidine rings is 2. The monoisotopic (exact) mass is 668 g/mol. The van der Waals surface area contributed by atoms with Crippen molar-refractivity contribution >= 4 is 45.1 Å². The van der Waals surface area contributed by atoms with Gasteiger partial charge < -0.3 is 35.2 Å². The van der Waals surface area contributed by atoms with Gasteiger partial charge in [-0.3, -0.25) is 0 Å². The molecule has 12 nitrogen and oxygen atoms in total. The van der Waals surface area contributed by atoms with E-state index in [9.17, 15) is 23.1 Å². The zero-order chi connectivity index (χ0) is 32.6. The van der Waals surface area contributed by atoms with Crippen LogP contribution in [0.1, 0.15) is 67.2 Å². The number of aliphatic hydroxyl groups excluding tert-OH is 2. The van der Waals surface area contributed by atoms with Gasteiger partial charge in [-0.15, -0.1) is 11.3 Å². The van der Waals surface area contributed by atoms with Crippen LogP contribution in [-0.2, 0) is 19.5 Å². The maximum absolute atomic E-state index is 12.4. The van der Waals surface area contributed by atoms with E-state index in [2.05, 4.69) is 4.72 Å². The van der Waals surface area contributed by atoms with Crippen molar-refractivity contribution in [3.05, 3.63) is 16.5 Å². The van der Waals surface area contributed by atoms with Crippen molar-refractivity contribution in [2.75, 3.05) is 39.4 Å². The maximum atomic E-state index is 12.4. The Kier molecular flexibility index (Phi) is 14.0. The van der Waals surface area contributed by atoms with Gasteiger partial charge in [-0.05, 0) is 91.2 Å². The number of sulfonamides is 1. The molecule has 0 saturated carbocycles. The number of ether oxygens (including phenoxy) is 2. The van der Waals surface area contributed by atoms with E-state index < -0.39 is 27.3 Å². The summed E-state index contributed by atoms with van der Waals surface area (Å²) in [5.74, 6) is 0.239. The van der Waals surface area contributed by atoms with Gasteiger partial charge in [0.15, 0.2) is 0 Å². The lowest BCUT2D eigenvalue weighted by molar-refractivity contribution is 0.0154. The van der Waals surface area contributed by atoms with Crippen molar-refractivity contribution in [2.45, 2.75) is 94.7 Å². The van der Waals surface area contributed by atoms with Crippen molar-refractivity contribution in [3.63, 3.8) is 0 Å². The van der Waals surface area contributed by atoms with E-state index >= 15 is 0 Å². The number of hydrogen-bond donors (Lipinski definition) is 4. The number of thiophene rings is 1. The average molecular weight is 669 g/mol. The largest absolute Gasteiger partial charge is 0.444 e. The summed E-state index contributed by atoms with van der Waals surface area (Å²) in [6.07, 6.45) is 2.21. The van der Waals surface area contributed by atoms with Gasteiger partial charge in [0.1, 0.15) is 15.4 Å². The molecule has 1 unspecified atom stereocenters. The number of likely N-dealkylation sites (tertiary alicyclic amines) is 2. The normalized spacial score (nSPS) is 18.8. The summed E-state index contributed by atoms with van der Waals surface area (Å²) in [6, 6.07) is 2.18. The van der Waals surface area contributed by atoms with Crippen molar-refractivity contribution in [2.24, 2.45) is 17.6 Å². The number of nitrogens with one attached hydrogen (secondary N) is 1. The van der Waals surface area contributed by atoms with E-state index in [-0.39, 0.29) is 41.6 Å². The third kappa shape index (κ3) is 12.7. The zero-order valence-corrected chi connectivity index (χ0v) is 28.4. The first-order chi connectivity index (χ1) is 19.8. The third-order valence-corrected chi connectivity index (χ3v) is 10.3. The molecular formula is C28H49ClN4O8S2. The number of carbonyl (C=O) groups excluding carboxylic acids is 2. The first kappa shape index (κ1) is 37.5. The van der Waals surface area contributed by atoms with Crippen molar-refractivity contribution < 1.29 is 37.7 Å². The molecule has 0 bridgehead atoms. The molecule has 248 valence electrons. The molecule has 2 amide bonds. The van der Waals surface area contributed by atoms with Crippen LogP contribution >= 0.6 is 22.9 Å².